The van der Waals surface area contributed by atoms with Gasteiger partial charge in [-0.25, -0.2) is 9.59 Å². The number of hydrogen-bond donors (Lipinski definition) is 1. The Morgan fingerprint density at radius 2 is 2.25 bits per heavy atom. The molecule has 0 aliphatic carbocycles. The summed E-state index contributed by atoms with van der Waals surface area (Å²) in [5, 5.41) is 2.34. The quantitative estimate of drug-likeness (QED) is 0.371. The van der Waals surface area contributed by atoms with E-state index in [1.807, 2.05) is 0 Å². The van der Waals surface area contributed by atoms with Gasteiger partial charge in [-0.05, 0) is 0 Å². The molecule has 1 N–H and O–H groups in total. The van der Waals surface area contributed by atoms with Gasteiger partial charge in [-0.2, -0.15) is 0 Å². The predicted molar refractivity (Wildman–Crippen MR) is 41.6 cm³/mol. The molecule has 0 aliphatic heterocycles. The minimum Gasteiger partial charge on any atom is -0.461 e. The number of esters is 1. The van der Waals surface area contributed by atoms with Crippen molar-refractivity contribution in [3.63, 3.8) is 0 Å². The summed E-state index contributed by atoms with van der Waals surface area (Å²) in [6.07, 6.45) is 0.502. The highest BCUT2D eigenvalue weighted by molar-refractivity contribution is 5.81. The second-order valence-electron chi connectivity index (χ2n) is 1.79. The van der Waals surface area contributed by atoms with Crippen molar-refractivity contribution in [1.82, 2.24) is 5.32 Å². The highest BCUT2D eigenvalue weighted by atomic mass is 16.5. The van der Waals surface area contributed by atoms with Crippen molar-refractivity contribution in [3.8, 4) is 0 Å². The highest BCUT2D eigenvalue weighted by Gasteiger charge is 1.98. The van der Waals surface area contributed by atoms with Crippen LogP contribution in [0.5, 0.6) is 0 Å². The smallest absolute Gasteiger partial charge is 0.406 e. The Balaban J connectivity index is 3.27. The molecule has 12 heavy (non-hydrogen) atoms. The number of hydrogen-bond acceptors (Lipinski definition) is 4. The normalized spacial score (nSPS) is 8.42. The van der Waals surface area contributed by atoms with Gasteiger partial charge in [0.05, 0.1) is 13.7 Å². The standard InChI is InChI=1S/C7H11NO4/c1-3-6(9)12-5-4-8-7(10)11-2/h3H,1,4-5H2,2H3,(H,8,10). The van der Waals surface area contributed by atoms with Gasteiger partial charge < -0.3 is 14.8 Å². The molecular weight excluding hydrogens is 162 g/mol. The maximum absolute atomic E-state index is 10.4. The van der Waals surface area contributed by atoms with Crippen LogP contribution in [-0.2, 0) is 14.3 Å². The lowest BCUT2D eigenvalue weighted by atomic mass is 10.6. The van der Waals surface area contributed by atoms with Gasteiger partial charge >= 0.3 is 12.1 Å². The Hall–Kier alpha value is -1.52. The summed E-state index contributed by atoms with van der Waals surface area (Å²) in [4.78, 5) is 20.9. The van der Waals surface area contributed by atoms with Crippen LogP contribution in [0.4, 0.5) is 4.79 Å². The molecule has 0 rings (SSSR count). The van der Waals surface area contributed by atoms with E-state index in [1.165, 1.54) is 7.11 Å². The number of alkyl carbamates (subject to hydrolysis) is 1. The van der Waals surface area contributed by atoms with Crippen molar-refractivity contribution in [2.75, 3.05) is 20.3 Å². The van der Waals surface area contributed by atoms with Crippen molar-refractivity contribution in [3.05, 3.63) is 12.7 Å². The Morgan fingerprint density at radius 1 is 1.58 bits per heavy atom. The summed E-state index contributed by atoms with van der Waals surface area (Å²) in [6.45, 7) is 3.54. The minimum absolute atomic E-state index is 0.111. The van der Waals surface area contributed by atoms with Crippen molar-refractivity contribution >= 4 is 12.1 Å². The van der Waals surface area contributed by atoms with Crippen LogP contribution >= 0.6 is 0 Å². The molecule has 0 atom stereocenters. The van der Waals surface area contributed by atoms with Crippen molar-refractivity contribution < 1.29 is 19.1 Å². The number of carbonyl (C=O) groups excluding carboxylic acids is 2. The first-order valence-corrected chi connectivity index (χ1v) is 3.31. The van der Waals surface area contributed by atoms with E-state index < -0.39 is 12.1 Å². The van der Waals surface area contributed by atoms with E-state index in [4.69, 9.17) is 0 Å². The molecule has 0 aliphatic rings. The van der Waals surface area contributed by atoms with Crippen LogP contribution in [0.3, 0.4) is 0 Å². The van der Waals surface area contributed by atoms with Crippen molar-refractivity contribution in [2.24, 2.45) is 0 Å². The molecule has 0 aromatic rings. The summed E-state index contributed by atoms with van der Waals surface area (Å²) < 4.78 is 8.83. The average molecular weight is 173 g/mol. The molecule has 5 heteroatoms. The number of ether oxygens (including phenoxy) is 2. The summed E-state index contributed by atoms with van der Waals surface area (Å²) >= 11 is 0. The number of amides is 1. The van der Waals surface area contributed by atoms with Crippen LogP contribution < -0.4 is 5.32 Å². The number of rotatable bonds is 4. The van der Waals surface area contributed by atoms with Gasteiger partial charge in [0.25, 0.3) is 0 Å². The number of nitrogens with one attached hydrogen (secondary N) is 1. The lowest BCUT2D eigenvalue weighted by molar-refractivity contribution is -0.137. The van der Waals surface area contributed by atoms with Gasteiger partial charge in [-0.1, -0.05) is 6.58 Å². The summed E-state index contributed by atoms with van der Waals surface area (Å²) in [5.41, 5.74) is 0. The fraction of sp³-hybridized carbons (Fsp3) is 0.429. The Kier molecular flexibility index (Phi) is 5.42. The molecule has 0 aromatic carbocycles. The molecule has 0 saturated heterocycles. The Bertz CT molecular complexity index is 178. The van der Waals surface area contributed by atoms with Crippen LogP contribution in [0.1, 0.15) is 0 Å². The van der Waals surface area contributed by atoms with Gasteiger partial charge in [0.15, 0.2) is 0 Å². The van der Waals surface area contributed by atoms with Gasteiger partial charge in [0, 0.05) is 6.08 Å². The zero-order chi connectivity index (χ0) is 9.40. The van der Waals surface area contributed by atoms with Crippen LogP contribution in [0.2, 0.25) is 0 Å². The molecule has 0 radical (unpaired) electrons. The van der Waals surface area contributed by atoms with E-state index in [1.54, 1.807) is 0 Å². The molecule has 1 amide bonds. The van der Waals surface area contributed by atoms with E-state index in [-0.39, 0.29) is 13.2 Å². The molecule has 0 saturated carbocycles. The third-order valence-electron chi connectivity index (χ3n) is 0.968. The van der Waals surface area contributed by atoms with Gasteiger partial charge in [-0.15, -0.1) is 0 Å². The van der Waals surface area contributed by atoms with Crippen LogP contribution in [0, 0.1) is 0 Å². The maximum atomic E-state index is 10.4. The highest BCUT2D eigenvalue weighted by Crippen LogP contribution is 1.78. The fourth-order valence-corrected chi connectivity index (χ4v) is 0.436. The largest absolute Gasteiger partial charge is 0.461 e. The first kappa shape index (κ1) is 10.5. The van der Waals surface area contributed by atoms with E-state index in [2.05, 4.69) is 21.4 Å². The van der Waals surface area contributed by atoms with E-state index in [0.717, 1.165) is 6.08 Å². The van der Waals surface area contributed by atoms with E-state index in [0.29, 0.717) is 0 Å². The molecule has 0 spiro atoms. The zero-order valence-corrected chi connectivity index (χ0v) is 6.83. The van der Waals surface area contributed by atoms with Crippen LogP contribution in [0.25, 0.3) is 0 Å². The molecule has 0 heterocycles. The van der Waals surface area contributed by atoms with Gasteiger partial charge in [0.2, 0.25) is 0 Å². The minimum atomic E-state index is -0.551. The van der Waals surface area contributed by atoms with Gasteiger partial charge in [0.1, 0.15) is 6.61 Å². The summed E-state index contributed by atoms with van der Waals surface area (Å²) in [5.74, 6) is -0.512. The molecule has 68 valence electrons. The van der Waals surface area contributed by atoms with Crippen molar-refractivity contribution in [2.45, 2.75) is 0 Å². The van der Waals surface area contributed by atoms with Crippen LogP contribution in [0.15, 0.2) is 12.7 Å². The molecule has 0 fully saturated rings. The van der Waals surface area contributed by atoms with E-state index >= 15 is 0 Å². The van der Waals surface area contributed by atoms with Crippen LogP contribution in [-0.4, -0.2) is 32.3 Å². The Morgan fingerprint density at radius 3 is 2.75 bits per heavy atom. The maximum Gasteiger partial charge on any atom is 0.406 e. The SMILES string of the molecule is C=CC(=O)OCCNC(=O)OC. The van der Waals surface area contributed by atoms with Crippen molar-refractivity contribution in [1.29, 1.82) is 0 Å². The average Bonchev–Trinajstić information content (AvgIpc) is 2.11. The monoisotopic (exact) mass is 173 g/mol. The first-order chi connectivity index (χ1) is 5.70. The number of methoxy groups -OCH3 is 1. The predicted octanol–water partition coefficient (Wildman–Crippen LogP) is 0.0716. The third kappa shape index (κ3) is 5.28. The topological polar surface area (TPSA) is 64.6 Å². The fourth-order valence-electron chi connectivity index (χ4n) is 0.436. The second-order valence-corrected chi connectivity index (χ2v) is 1.79. The molecule has 0 unspecified atom stereocenters. The zero-order valence-electron chi connectivity index (χ0n) is 6.83. The van der Waals surface area contributed by atoms with E-state index in [9.17, 15) is 9.59 Å². The molecule has 5 nitrogen and oxygen atoms in total. The summed E-state index contributed by atoms with van der Waals surface area (Å²) in [6, 6.07) is 0. The Labute approximate surface area is 70.3 Å². The number of carbonyl (C=O) groups is 2. The lowest BCUT2D eigenvalue weighted by Crippen LogP contribution is -2.27. The lowest BCUT2D eigenvalue weighted by Gasteiger charge is -2.02. The first-order valence-electron chi connectivity index (χ1n) is 3.31. The third-order valence-corrected chi connectivity index (χ3v) is 0.968. The molecule has 0 aromatic heterocycles. The summed E-state index contributed by atoms with van der Waals surface area (Å²) in [7, 11) is 1.26. The second kappa shape index (κ2) is 6.21. The molecular formula is C7H11NO4. The van der Waals surface area contributed by atoms with Gasteiger partial charge in [-0.3, -0.25) is 0 Å². The molecule has 0 bridgehead atoms.